The van der Waals surface area contributed by atoms with Gasteiger partial charge in [-0.05, 0) is 57.1 Å². The summed E-state index contributed by atoms with van der Waals surface area (Å²) in [5.74, 6) is 0. The number of nitrogens with two attached hydrogens (primary N) is 1. The summed E-state index contributed by atoms with van der Waals surface area (Å²) in [5.41, 5.74) is 17.7. The Balaban J connectivity index is 1.24. The minimum absolute atomic E-state index is 0.264. The molecule has 11 aromatic rings. The van der Waals surface area contributed by atoms with Crippen LogP contribution in [0.4, 0.5) is 0 Å². The molecule has 2 N–H and O–H groups in total. The van der Waals surface area contributed by atoms with Gasteiger partial charge in [-0.3, -0.25) is 4.57 Å². The summed E-state index contributed by atoms with van der Waals surface area (Å²) in [6.07, 6.45) is 10.2. The fraction of sp³-hybridized carbons (Fsp3) is 0.0179. The Kier molecular flexibility index (Phi) is 7.80. The number of benzene rings is 9. The highest BCUT2D eigenvalue weighted by Gasteiger charge is 2.25. The first-order valence-electron chi connectivity index (χ1n) is 20.6. The Hall–Kier alpha value is -7.79. The highest BCUT2D eigenvalue weighted by molar-refractivity contribution is 6.45. The maximum absolute atomic E-state index is 6.72. The maximum Gasteiger partial charge on any atom is 0.100 e. The molecule has 0 spiro atoms. The van der Waals surface area contributed by atoms with E-state index in [1.807, 2.05) is 30.6 Å². The van der Waals surface area contributed by atoms with Crippen molar-refractivity contribution in [2.24, 2.45) is 10.7 Å². The van der Waals surface area contributed by atoms with E-state index in [0.717, 1.165) is 33.6 Å². The van der Waals surface area contributed by atoms with Gasteiger partial charge in [0.1, 0.15) is 6.34 Å². The summed E-state index contributed by atoms with van der Waals surface area (Å²) < 4.78 is 4.81. The van der Waals surface area contributed by atoms with Crippen molar-refractivity contribution < 1.29 is 0 Å². The maximum atomic E-state index is 6.72. The van der Waals surface area contributed by atoms with Crippen molar-refractivity contribution in [1.82, 2.24) is 9.13 Å². The van der Waals surface area contributed by atoms with Crippen LogP contribution in [0.5, 0.6) is 0 Å². The van der Waals surface area contributed by atoms with Crippen LogP contribution in [-0.4, -0.2) is 21.5 Å². The van der Waals surface area contributed by atoms with Gasteiger partial charge in [0.2, 0.25) is 0 Å². The number of allylic oxidation sites excluding steroid dienone is 2. The van der Waals surface area contributed by atoms with Gasteiger partial charge in [0, 0.05) is 49.0 Å². The van der Waals surface area contributed by atoms with E-state index >= 15 is 0 Å². The van der Waals surface area contributed by atoms with Crippen LogP contribution in [0.2, 0.25) is 0 Å². The number of fused-ring (bicyclic) bond motifs is 15. The topological polar surface area (TPSA) is 48.2 Å². The van der Waals surface area contributed by atoms with Crippen LogP contribution in [0.25, 0.3) is 98.4 Å². The van der Waals surface area contributed by atoms with Gasteiger partial charge in [0.25, 0.3) is 0 Å². The van der Waals surface area contributed by atoms with E-state index in [1.165, 1.54) is 76.0 Å². The fourth-order valence-corrected chi connectivity index (χ4v) is 9.78. The van der Waals surface area contributed by atoms with Crippen LogP contribution in [0, 0.1) is 0 Å². The molecular weight excluding hydrogens is 729 g/mol. The van der Waals surface area contributed by atoms with Crippen LogP contribution < -0.4 is 5.73 Å². The first kappa shape index (κ1) is 34.3. The lowest BCUT2D eigenvalue weighted by Crippen LogP contribution is -2.21. The molecule has 0 fully saturated rings. The number of hydrogen-bond donors (Lipinski definition) is 1. The van der Waals surface area contributed by atoms with Gasteiger partial charge in [-0.15, -0.1) is 0 Å². The van der Waals surface area contributed by atoms with Gasteiger partial charge in [0.15, 0.2) is 0 Å². The standard InChI is InChI=1S/C56H38N4/c57-47-28-14-11-25-44(47)54(38-19-5-2-6-20-38)58-35-59-48-29-15-12-26-45(48)53-51-41-22-8-7-21-40(41)50-46-27-13-16-30-49(46)60(39-33-31-37(32-34-39)36-17-3-1-4-18-36)56(50)52(51)42-23-9-10-24-43(42)55(53)59/h1-35,47H,57H2/b54-44-,58-35?. The minimum Gasteiger partial charge on any atom is -0.321 e. The van der Waals surface area contributed by atoms with E-state index in [1.54, 1.807) is 0 Å². The summed E-state index contributed by atoms with van der Waals surface area (Å²) in [5, 5.41) is 12.2. The molecule has 1 aliphatic carbocycles. The summed E-state index contributed by atoms with van der Waals surface area (Å²) in [4.78, 5) is 5.37. The van der Waals surface area contributed by atoms with Crippen molar-refractivity contribution in [3.05, 3.63) is 217 Å². The smallest absolute Gasteiger partial charge is 0.100 e. The first-order valence-corrected chi connectivity index (χ1v) is 20.6. The lowest BCUT2D eigenvalue weighted by Gasteiger charge is -2.17. The quantitative estimate of drug-likeness (QED) is 0.106. The lowest BCUT2D eigenvalue weighted by molar-refractivity contribution is 0.970. The summed E-state index contributed by atoms with van der Waals surface area (Å²) in [7, 11) is 0. The lowest BCUT2D eigenvalue weighted by atomic mass is 9.90. The van der Waals surface area contributed by atoms with Crippen LogP contribution in [0.1, 0.15) is 5.56 Å². The molecule has 2 heterocycles. The molecule has 1 aliphatic rings. The van der Waals surface area contributed by atoms with E-state index in [2.05, 4.69) is 191 Å². The van der Waals surface area contributed by atoms with E-state index in [0.29, 0.717) is 0 Å². The molecule has 0 radical (unpaired) electrons. The van der Waals surface area contributed by atoms with Crippen molar-refractivity contribution in [2.75, 3.05) is 0 Å². The van der Waals surface area contributed by atoms with Crippen molar-refractivity contribution in [3.8, 4) is 16.8 Å². The van der Waals surface area contributed by atoms with Crippen LogP contribution in [0.15, 0.2) is 217 Å². The van der Waals surface area contributed by atoms with Gasteiger partial charge >= 0.3 is 0 Å². The number of hydrogen-bond acceptors (Lipinski definition) is 2. The summed E-state index contributed by atoms with van der Waals surface area (Å²) >= 11 is 0. The van der Waals surface area contributed by atoms with Gasteiger partial charge in [-0.25, -0.2) is 4.99 Å². The average molecular weight is 767 g/mol. The fourth-order valence-electron chi connectivity index (χ4n) is 9.78. The Bertz CT molecular complexity index is 3640. The molecule has 12 rings (SSSR count). The Morgan fingerprint density at radius 3 is 1.70 bits per heavy atom. The van der Waals surface area contributed by atoms with E-state index in [9.17, 15) is 0 Å². The van der Waals surface area contributed by atoms with Gasteiger partial charge in [-0.1, -0.05) is 182 Å². The number of para-hydroxylation sites is 2. The number of rotatable bonds is 5. The normalized spacial score (nSPS) is 15.2. The van der Waals surface area contributed by atoms with E-state index in [-0.39, 0.29) is 6.04 Å². The molecule has 0 bridgehead atoms. The number of aliphatic imine (C=N–C) groups is 1. The molecule has 0 aliphatic heterocycles. The highest BCUT2D eigenvalue weighted by Crippen LogP contribution is 2.49. The molecule has 1 atom stereocenters. The van der Waals surface area contributed by atoms with E-state index in [4.69, 9.17) is 10.7 Å². The zero-order valence-corrected chi connectivity index (χ0v) is 32.7. The Morgan fingerprint density at radius 1 is 0.467 bits per heavy atom. The largest absolute Gasteiger partial charge is 0.321 e. The Labute approximate surface area is 346 Å². The second-order valence-corrected chi connectivity index (χ2v) is 15.6. The molecule has 0 saturated heterocycles. The number of nitrogens with zero attached hydrogens (tertiary/aromatic N) is 3. The monoisotopic (exact) mass is 766 g/mol. The average Bonchev–Trinajstić information content (AvgIpc) is 3.84. The first-order chi connectivity index (χ1) is 29.7. The second-order valence-electron chi connectivity index (χ2n) is 15.6. The molecule has 4 heteroatoms. The molecule has 0 saturated carbocycles. The van der Waals surface area contributed by atoms with Gasteiger partial charge in [0.05, 0.1) is 33.8 Å². The van der Waals surface area contributed by atoms with Crippen LogP contribution >= 0.6 is 0 Å². The SMILES string of the molecule is NC1C=CC=C/C1=C(/N=Cn1c2ccccc2c2c3c4ccccc4c4c5ccccc5n(-c5ccc(-c6ccccc6)cc5)c4c3c3ccccc3c21)c1ccccc1. The van der Waals surface area contributed by atoms with Crippen molar-refractivity contribution in [2.45, 2.75) is 6.04 Å². The molecule has 1 unspecified atom stereocenters. The van der Waals surface area contributed by atoms with Gasteiger partial charge < -0.3 is 10.3 Å². The van der Waals surface area contributed by atoms with Gasteiger partial charge in [-0.2, -0.15) is 0 Å². The Morgan fingerprint density at radius 2 is 1.00 bits per heavy atom. The van der Waals surface area contributed by atoms with Crippen LogP contribution in [-0.2, 0) is 0 Å². The molecule has 60 heavy (non-hydrogen) atoms. The third-order valence-corrected chi connectivity index (χ3v) is 12.4. The molecule has 2 aromatic heterocycles. The van der Waals surface area contributed by atoms with Crippen molar-refractivity contribution >= 4 is 88.0 Å². The molecule has 9 aromatic carbocycles. The third-order valence-electron chi connectivity index (χ3n) is 12.4. The summed E-state index contributed by atoms with van der Waals surface area (Å²) in [6, 6.07) is 65.4. The third kappa shape index (κ3) is 5.11. The second kappa shape index (κ2) is 13.7. The van der Waals surface area contributed by atoms with Crippen molar-refractivity contribution in [3.63, 3.8) is 0 Å². The van der Waals surface area contributed by atoms with E-state index < -0.39 is 0 Å². The molecule has 4 nitrogen and oxygen atoms in total. The molecule has 282 valence electrons. The predicted molar refractivity (Wildman–Crippen MR) is 255 cm³/mol. The zero-order chi connectivity index (χ0) is 39.7. The highest BCUT2D eigenvalue weighted by atomic mass is 15.0. The molecule has 0 amide bonds. The molecular formula is C56H38N4. The van der Waals surface area contributed by atoms with Crippen molar-refractivity contribution in [1.29, 1.82) is 0 Å². The van der Waals surface area contributed by atoms with Crippen LogP contribution in [0.3, 0.4) is 0 Å². The zero-order valence-electron chi connectivity index (χ0n) is 32.7. The predicted octanol–water partition coefficient (Wildman–Crippen LogP) is 13.8. The number of aromatic nitrogens is 2. The summed E-state index contributed by atoms with van der Waals surface area (Å²) in [6.45, 7) is 0. The minimum atomic E-state index is -0.264.